The Morgan fingerprint density at radius 1 is 1.11 bits per heavy atom. The SMILES string of the molecule is CSN1CCN(Nc2nc(/C(N)=N/C(=O)O)nc(N[C@H](C)C3CCC3)c2NCC2CCCCC2)CC1. The number of amidine groups is 1. The standard InChI is InChI=1S/C24H41N9O2S/c1-16(18-9-6-10-18)27-21-19(26-15-17-7-4-3-5-8-17)22(30-23(29-21)20(25)28-24(34)35)31-32-11-13-33(36-2)14-12-32/h16-18,26H,3-15H2,1-2H3,(H2,25,28)(H,34,35)(H2,27,29,30,31)/t16-/m1/s1. The number of nitrogens with one attached hydrogen (secondary N) is 3. The van der Waals surface area contributed by atoms with Gasteiger partial charge in [-0.1, -0.05) is 37.6 Å². The molecule has 0 radical (unpaired) electrons. The summed E-state index contributed by atoms with van der Waals surface area (Å²) in [5, 5.41) is 18.6. The molecule has 0 unspecified atom stereocenters. The number of anilines is 3. The minimum Gasteiger partial charge on any atom is -0.463 e. The third kappa shape index (κ3) is 7.13. The highest BCUT2D eigenvalue weighted by molar-refractivity contribution is 7.96. The van der Waals surface area contributed by atoms with Crippen LogP contribution in [0, 0.1) is 11.8 Å². The van der Waals surface area contributed by atoms with Crippen molar-refractivity contribution >= 4 is 41.2 Å². The number of aliphatic imine (C=N–C) groups is 1. The fraction of sp³-hybridized carbons (Fsp3) is 0.750. The minimum atomic E-state index is -1.37. The number of carbonyl (C=O) groups is 1. The lowest BCUT2D eigenvalue weighted by Crippen LogP contribution is -2.46. The Kier molecular flexibility index (Phi) is 9.49. The molecule has 36 heavy (non-hydrogen) atoms. The van der Waals surface area contributed by atoms with Crippen LogP contribution in [0.15, 0.2) is 4.99 Å². The molecule has 3 aliphatic rings. The quantitative estimate of drug-likeness (QED) is 0.175. The number of rotatable bonds is 10. The van der Waals surface area contributed by atoms with E-state index in [-0.39, 0.29) is 17.7 Å². The van der Waals surface area contributed by atoms with Gasteiger partial charge in [-0.25, -0.2) is 24.1 Å². The Hall–Kier alpha value is -2.31. The molecule has 0 spiro atoms. The maximum atomic E-state index is 11.2. The number of amides is 1. The average molecular weight is 520 g/mol. The topological polar surface area (TPSA) is 144 Å². The summed E-state index contributed by atoms with van der Waals surface area (Å²) in [6, 6.07) is 0.229. The van der Waals surface area contributed by atoms with Crippen LogP contribution >= 0.6 is 11.9 Å². The third-order valence-corrected chi connectivity index (χ3v) is 8.51. The molecule has 6 N–H and O–H groups in total. The number of nitrogens with zero attached hydrogens (tertiary/aromatic N) is 5. The van der Waals surface area contributed by atoms with Crippen molar-refractivity contribution < 1.29 is 9.90 Å². The summed E-state index contributed by atoms with van der Waals surface area (Å²) < 4.78 is 2.33. The van der Waals surface area contributed by atoms with Gasteiger partial charge in [0.25, 0.3) is 0 Å². The Morgan fingerprint density at radius 3 is 2.42 bits per heavy atom. The third-order valence-electron chi connectivity index (χ3n) is 7.63. The van der Waals surface area contributed by atoms with Crippen LogP contribution in [0.25, 0.3) is 0 Å². The summed E-state index contributed by atoms with van der Waals surface area (Å²) in [6.07, 6.45) is 10.7. The van der Waals surface area contributed by atoms with Gasteiger partial charge in [0.05, 0.1) is 0 Å². The first-order valence-electron chi connectivity index (χ1n) is 13.2. The zero-order chi connectivity index (χ0) is 25.5. The number of carboxylic acid groups (broad SMARTS) is 1. The van der Waals surface area contributed by atoms with E-state index in [0.29, 0.717) is 23.5 Å². The van der Waals surface area contributed by atoms with Crippen LogP contribution in [-0.4, -0.2) is 81.3 Å². The van der Waals surface area contributed by atoms with Crippen molar-refractivity contribution in [2.24, 2.45) is 22.6 Å². The molecule has 0 aromatic carbocycles. The molecular weight excluding hydrogens is 478 g/mol. The number of aromatic nitrogens is 2. The van der Waals surface area contributed by atoms with E-state index in [1.54, 1.807) is 11.9 Å². The van der Waals surface area contributed by atoms with E-state index in [4.69, 9.17) is 10.8 Å². The highest BCUT2D eigenvalue weighted by Gasteiger charge is 2.27. The van der Waals surface area contributed by atoms with Gasteiger partial charge in [-0.05, 0) is 50.7 Å². The molecule has 0 bridgehead atoms. The van der Waals surface area contributed by atoms with Gasteiger partial charge in [-0.3, -0.25) is 0 Å². The smallest absolute Gasteiger partial charge is 0.433 e. The van der Waals surface area contributed by atoms with Gasteiger partial charge in [0, 0.05) is 38.8 Å². The van der Waals surface area contributed by atoms with Crippen molar-refractivity contribution in [2.75, 3.05) is 55.0 Å². The molecule has 12 heteroatoms. The maximum Gasteiger partial charge on any atom is 0.433 e. The van der Waals surface area contributed by atoms with Crippen LogP contribution in [0.2, 0.25) is 0 Å². The van der Waals surface area contributed by atoms with E-state index in [2.05, 4.69) is 53.5 Å². The highest BCUT2D eigenvalue weighted by Crippen LogP contribution is 2.35. The van der Waals surface area contributed by atoms with Crippen LogP contribution in [-0.2, 0) is 0 Å². The number of hydrazine groups is 1. The molecule has 2 heterocycles. The molecule has 1 saturated heterocycles. The van der Waals surface area contributed by atoms with E-state index in [0.717, 1.165) is 38.4 Å². The van der Waals surface area contributed by atoms with Gasteiger partial charge in [-0.2, -0.15) is 4.99 Å². The summed E-state index contributed by atoms with van der Waals surface area (Å²) in [7, 11) is 0. The first kappa shape index (κ1) is 26.7. The van der Waals surface area contributed by atoms with Gasteiger partial charge in [-0.15, -0.1) is 0 Å². The summed E-state index contributed by atoms with van der Waals surface area (Å²) in [4.78, 5) is 24.0. The summed E-state index contributed by atoms with van der Waals surface area (Å²) in [5.74, 6) is 2.34. The van der Waals surface area contributed by atoms with E-state index < -0.39 is 6.09 Å². The van der Waals surface area contributed by atoms with E-state index in [1.807, 2.05) is 0 Å². The van der Waals surface area contributed by atoms with E-state index in [9.17, 15) is 4.79 Å². The zero-order valence-corrected chi connectivity index (χ0v) is 22.3. The van der Waals surface area contributed by atoms with Gasteiger partial charge < -0.3 is 26.9 Å². The number of piperazine rings is 1. The molecule has 2 saturated carbocycles. The fourth-order valence-electron chi connectivity index (χ4n) is 5.12. The number of nitrogens with two attached hydrogens (primary N) is 1. The second kappa shape index (κ2) is 12.8. The average Bonchev–Trinajstić information content (AvgIpc) is 2.83. The molecule has 200 valence electrons. The van der Waals surface area contributed by atoms with Crippen LogP contribution in [0.5, 0.6) is 0 Å². The second-order valence-electron chi connectivity index (χ2n) is 10.1. The first-order chi connectivity index (χ1) is 17.4. The molecule has 1 amide bonds. The van der Waals surface area contributed by atoms with Crippen molar-refractivity contribution in [2.45, 2.75) is 64.3 Å². The molecule has 2 aliphatic carbocycles. The molecule has 1 aromatic heterocycles. The Balaban J connectivity index is 1.64. The first-order valence-corrected chi connectivity index (χ1v) is 14.4. The second-order valence-corrected chi connectivity index (χ2v) is 11.0. The fourth-order valence-corrected chi connectivity index (χ4v) is 5.65. The van der Waals surface area contributed by atoms with Crippen molar-refractivity contribution in [1.82, 2.24) is 19.3 Å². The van der Waals surface area contributed by atoms with Crippen molar-refractivity contribution in [3.63, 3.8) is 0 Å². The summed E-state index contributed by atoms with van der Waals surface area (Å²) in [6.45, 7) is 6.57. The van der Waals surface area contributed by atoms with Gasteiger partial charge >= 0.3 is 6.09 Å². The summed E-state index contributed by atoms with van der Waals surface area (Å²) in [5.41, 5.74) is 10.3. The molecule has 1 atom stereocenters. The molecule has 4 rings (SSSR count). The van der Waals surface area contributed by atoms with E-state index >= 15 is 0 Å². The van der Waals surface area contributed by atoms with Gasteiger partial charge in [0.2, 0.25) is 0 Å². The maximum absolute atomic E-state index is 11.2. The monoisotopic (exact) mass is 519 g/mol. The normalized spacial score (nSPS) is 21.6. The Bertz CT molecular complexity index is 913. The van der Waals surface area contributed by atoms with Crippen molar-refractivity contribution in [3.8, 4) is 0 Å². The Labute approximate surface area is 218 Å². The predicted molar refractivity (Wildman–Crippen MR) is 147 cm³/mol. The molecule has 11 nitrogen and oxygen atoms in total. The van der Waals surface area contributed by atoms with Gasteiger partial charge in [0.1, 0.15) is 5.69 Å². The lowest BCUT2D eigenvalue weighted by Gasteiger charge is -2.35. The van der Waals surface area contributed by atoms with Crippen LogP contribution < -0.4 is 21.8 Å². The van der Waals surface area contributed by atoms with E-state index in [1.165, 1.54) is 51.4 Å². The minimum absolute atomic E-state index is 0.106. The van der Waals surface area contributed by atoms with Crippen LogP contribution in [0.4, 0.5) is 22.1 Å². The molecule has 1 aliphatic heterocycles. The molecule has 3 fully saturated rings. The van der Waals surface area contributed by atoms with Gasteiger partial charge in [0.15, 0.2) is 23.3 Å². The van der Waals surface area contributed by atoms with Crippen molar-refractivity contribution in [3.05, 3.63) is 5.82 Å². The number of hydrogen-bond acceptors (Lipinski definition) is 9. The summed E-state index contributed by atoms with van der Waals surface area (Å²) >= 11 is 1.76. The molecule has 1 aromatic rings. The Morgan fingerprint density at radius 2 is 1.81 bits per heavy atom. The lowest BCUT2D eigenvalue weighted by molar-refractivity contribution is 0.205. The molecular formula is C24H41N9O2S. The van der Waals surface area contributed by atoms with Crippen LogP contribution in [0.1, 0.15) is 64.1 Å². The largest absolute Gasteiger partial charge is 0.463 e. The number of hydrogen-bond donors (Lipinski definition) is 5. The van der Waals surface area contributed by atoms with Crippen molar-refractivity contribution in [1.29, 1.82) is 0 Å². The highest BCUT2D eigenvalue weighted by atomic mass is 32.2. The van der Waals surface area contributed by atoms with Crippen LogP contribution in [0.3, 0.4) is 0 Å². The predicted octanol–water partition coefficient (Wildman–Crippen LogP) is 3.68. The lowest BCUT2D eigenvalue weighted by atomic mass is 9.80. The zero-order valence-electron chi connectivity index (χ0n) is 21.5.